The predicted molar refractivity (Wildman–Crippen MR) is 135 cm³/mol. The first-order valence-electron chi connectivity index (χ1n) is 14.1. The Morgan fingerprint density at radius 1 is 0.919 bits per heavy atom. The highest BCUT2D eigenvalue weighted by Crippen LogP contribution is 2.69. The molecule has 0 aromatic heterocycles. The van der Waals surface area contributed by atoms with Gasteiger partial charge in [0.2, 0.25) is 0 Å². The average molecular weight is 523 g/mol. The fourth-order valence-electron chi connectivity index (χ4n) is 9.49. The van der Waals surface area contributed by atoms with E-state index in [2.05, 4.69) is 20.8 Å². The number of rotatable bonds is 6. The summed E-state index contributed by atoms with van der Waals surface area (Å²) in [6.45, 7) is 9.46. The second-order valence-corrected chi connectivity index (χ2v) is 12.9. The third-order valence-corrected chi connectivity index (χ3v) is 11.2. The Labute approximate surface area is 220 Å². The first-order chi connectivity index (χ1) is 17.3. The topological polar surface area (TPSA) is 119 Å². The number of carbonyl (C=O) groups excluding carboxylic acids is 3. The van der Waals surface area contributed by atoms with Crippen molar-refractivity contribution in [3.63, 3.8) is 0 Å². The molecule has 37 heavy (non-hydrogen) atoms. The molecule has 8 nitrogen and oxygen atoms in total. The number of aliphatic hydroxyl groups excluding tert-OH is 2. The Hall–Kier alpha value is -1.67. The zero-order chi connectivity index (χ0) is 27.3. The van der Waals surface area contributed by atoms with Gasteiger partial charge in [0.1, 0.15) is 12.2 Å². The highest BCUT2D eigenvalue weighted by molar-refractivity contribution is 5.69. The number of carbonyl (C=O) groups is 3. The van der Waals surface area contributed by atoms with Crippen LogP contribution in [0.4, 0.5) is 0 Å². The highest BCUT2D eigenvalue weighted by Gasteiger charge is 2.68. The van der Waals surface area contributed by atoms with Gasteiger partial charge in [0, 0.05) is 25.7 Å². The molecular formula is C29H46O8. The van der Waals surface area contributed by atoms with Crippen LogP contribution in [0.25, 0.3) is 0 Å². The van der Waals surface area contributed by atoms with Crippen LogP contribution in [0.1, 0.15) is 86.0 Å². The first kappa shape index (κ1) is 28.3. The van der Waals surface area contributed by atoms with Gasteiger partial charge in [-0.2, -0.15) is 0 Å². The lowest BCUT2D eigenvalue weighted by Crippen LogP contribution is -2.67. The molecule has 0 radical (unpaired) electrons. The number of aliphatic hydroxyl groups is 2. The zero-order valence-corrected chi connectivity index (χ0v) is 23.3. The van der Waals surface area contributed by atoms with Crippen molar-refractivity contribution in [2.45, 2.75) is 110 Å². The highest BCUT2D eigenvalue weighted by atomic mass is 16.5. The van der Waals surface area contributed by atoms with Gasteiger partial charge < -0.3 is 24.4 Å². The SMILES string of the molecule is COC(=O)CC[C@H](C)[C@H]1CCC2C3C(O)[C@@H](O)[C@@H]4CC(OC(C)=O)CC[C@]4(C)C3C[C@H](OC(C)=O)[C@@]21C. The van der Waals surface area contributed by atoms with Crippen LogP contribution in [-0.2, 0) is 28.6 Å². The van der Waals surface area contributed by atoms with Gasteiger partial charge in [0.25, 0.3) is 0 Å². The quantitative estimate of drug-likeness (QED) is 0.401. The summed E-state index contributed by atoms with van der Waals surface area (Å²) in [6, 6.07) is 0. The summed E-state index contributed by atoms with van der Waals surface area (Å²) in [4.78, 5) is 35.8. The number of hydrogen-bond acceptors (Lipinski definition) is 8. The minimum atomic E-state index is -0.894. The number of ether oxygens (including phenoxy) is 3. The van der Waals surface area contributed by atoms with E-state index in [1.54, 1.807) is 0 Å². The Morgan fingerprint density at radius 3 is 2.22 bits per heavy atom. The van der Waals surface area contributed by atoms with E-state index in [0.29, 0.717) is 25.7 Å². The molecule has 0 saturated heterocycles. The Bertz CT molecular complexity index is 889. The molecular weight excluding hydrogens is 476 g/mol. The molecule has 2 N–H and O–H groups in total. The Morgan fingerprint density at radius 2 is 1.59 bits per heavy atom. The summed E-state index contributed by atoms with van der Waals surface area (Å²) >= 11 is 0. The molecule has 0 aliphatic heterocycles. The molecule has 0 bridgehead atoms. The molecule has 0 aromatic rings. The van der Waals surface area contributed by atoms with Crippen LogP contribution in [-0.4, -0.2) is 59.6 Å². The molecule has 4 aliphatic rings. The zero-order valence-electron chi connectivity index (χ0n) is 23.3. The van der Waals surface area contributed by atoms with Crippen molar-refractivity contribution < 1.29 is 38.8 Å². The molecule has 4 aliphatic carbocycles. The molecule has 8 heteroatoms. The molecule has 5 unspecified atom stereocenters. The summed E-state index contributed by atoms with van der Waals surface area (Å²) in [5.41, 5.74) is -0.616. The third-order valence-electron chi connectivity index (χ3n) is 11.2. The number of esters is 3. The molecule has 4 fully saturated rings. The Balaban J connectivity index is 1.66. The Kier molecular flexibility index (Phi) is 8.03. The van der Waals surface area contributed by atoms with Gasteiger partial charge in [-0.1, -0.05) is 20.8 Å². The predicted octanol–water partition coefficient (Wildman–Crippen LogP) is 3.65. The van der Waals surface area contributed by atoms with E-state index in [9.17, 15) is 24.6 Å². The fraction of sp³-hybridized carbons (Fsp3) is 0.897. The van der Waals surface area contributed by atoms with Gasteiger partial charge >= 0.3 is 17.9 Å². The van der Waals surface area contributed by atoms with Gasteiger partial charge in [-0.05, 0) is 85.9 Å². The maximum atomic E-state index is 12.3. The molecule has 0 aromatic carbocycles. The van der Waals surface area contributed by atoms with Crippen LogP contribution in [0.3, 0.4) is 0 Å². The van der Waals surface area contributed by atoms with E-state index in [0.717, 1.165) is 25.7 Å². The summed E-state index contributed by atoms with van der Waals surface area (Å²) < 4.78 is 16.5. The third kappa shape index (κ3) is 4.81. The lowest BCUT2D eigenvalue weighted by atomic mass is 9.42. The lowest BCUT2D eigenvalue weighted by molar-refractivity contribution is -0.248. The van der Waals surface area contributed by atoms with Gasteiger partial charge in [-0.3, -0.25) is 14.4 Å². The van der Waals surface area contributed by atoms with Gasteiger partial charge in [0.05, 0.1) is 19.3 Å². The minimum absolute atomic E-state index is 0.0840. The fourth-order valence-corrected chi connectivity index (χ4v) is 9.49. The summed E-state index contributed by atoms with van der Waals surface area (Å²) in [5, 5.41) is 23.1. The molecule has 4 rings (SSSR count). The van der Waals surface area contributed by atoms with Crippen molar-refractivity contribution in [2.24, 2.45) is 46.3 Å². The largest absolute Gasteiger partial charge is 0.469 e. The van der Waals surface area contributed by atoms with E-state index in [1.807, 2.05) is 0 Å². The number of fused-ring (bicyclic) bond motifs is 5. The first-order valence-corrected chi connectivity index (χ1v) is 14.1. The summed E-state index contributed by atoms with van der Waals surface area (Å²) in [6.07, 6.45) is 3.24. The maximum absolute atomic E-state index is 12.3. The normalized spacial score (nSPS) is 45.6. The lowest BCUT2D eigenvalue weighted by Gasteiger charge is -2.65. The smallest absolute Gasteiger partial charge is 0.305 e. The molecule has 4 saturated carbocycles. The molecule has 0 heterocycles. The van der Waals surface area contributed by atoms with Crippen LogP contribution < -0.4 is 0 Å². The van der Waals surface area contributed by atoms with Gasteiger partial charge in [0.15, 0.2) is 0 Å². The van der Waals surface area contributed by atoms with Crippen molar-refractivity contribution in [1.82, 2.24) is 0 Å². The number of methoxy groups -OCH3 is 1. The van der Waals surface area contributed by atoms with Gasteiger partial charge in [-0.15, -0.1) is 0 Å². The van der Waals surface area contributed by atoms with Crippen molar-refractivity contribution in [1.29, 1.82) is 0 Å². The van der Waals surface area contributed by atoms with Crippen molar-refractivity contribution in [2.75, 3.05) is 7.11 Å². The number of hydrogen-bond donors (Lipinski definition) is 2. The van der Waals surface area contributed by atoms with E-state index < -0.39 is 12.2 Å². The summed E-state index contributed by atoms with van der Waals surface area (Å²) in [5.74, 6) is -0.515. The second kappa shape index (κ2) is 10.5. The molecule has 0 spiro atoms. The average Bonchev–Trinajstić information content (AvgIpc) is 3.19. The van der Waals surface area contributed by atoms with E-state index in [4.69, 9.17) is 14.2 Å². The van der Waals surface area contributed by atoms with Crippen LogP contribution in [0.2, 0.25) is 0 Å². The van der Waals surface area contributed by atoms with E-state index in [-0.39, 0.29) is 76.5 Å². The van der Waals surface area contributed by atoms with Crippen LogP contribution in [0, 0.1) is 46.3 Å². The van der Waals surface area contributed by atoms with Crippen LogP contribution in [0.5, 0.6) is 0 Å². The van der Waals surface area contributed by atoms with Crippen molar-refractivity contribution in [3.05, 3.63) is 0 Å². The van der Waals surface area contributed by atoms with Crippen molar-refractivity contribution in [3.8, 4) is 0 Å². The second-order valence-electron chi connectivity index (χ2n) is 12.9. The van der Waals surface area contributed by atoms with Crippen LogP contribution in [0.15, 0.2) is 0 Å². The van der Waals surface area contributed by atoms with Crippen molar-refractivity contribution >= 4 is 17.9 Å². The minimum Gasteiger partial charge on any atom is -0.469 e. The standard InChI is InChI=1S/C29H46O8/c1-15(7-10-24(32)35-6)19-8-9-20-25-21(14-23(29(19,20)5)37-17(3)31)28(4)12-11-18(36-16(2)30)13-22(28)26(33)27(25)34/h15,18-23,25-27,33-34H,7-14H2,1-6H3/t15-,18?,19+,20?,21?,22-,23-,25?,26-,27?,28+,29+/m0/s1. The van der Waals surface area contributed by atoms with Gasteiger partial charge in [-0.25, -0.2) is 0 Å². The molecule has 210 valence electrons. The molecule has 12 atom stereocenters. The monoisotopic (exact) mass is 522 g/mol. The summed E-state index contributed by atoms with van der Waals surface area (Å²) in [7, 11) is 1.40. The van der Waals surface area contributed by atoms with E-state index >= 15 is 0 Å². The van der Waals surface area contributed by atoms with E-state index in [1.165, 1.54) is 21.0 Å². The molecule has 0 amide bonds. The maximum Gasteiger partial charge on any atom is 0.305 e. The van der Waals surface area contributed by atoms with Crippen LogP contribution >= 0.6 is 0 Å².